The molecule has 128 valence electrons. The van der Waals surface area contributed by atoms with E-state index in [-0.39, 0.29) is 10.8 Å². The third-order valence-corrected chi connectivity index (χ3v) is 5.55. The predicted octanol–water partition coefficient (Wildman–Crippen LogP) is 2.77. The summed E-state index contributed by atoms with van der Waals surface area (Å²) in [5.74, 6) is -0.292. The monoisotopic (exact) mass is 410 g/mol. The van der Waals surface area contributed by atoms with Gasteiger partial charge < -0.3 is 4.90 Å². The molecule has 0 spiro atoms. The molecule has 0 radical (unpaired) electrons. The Kier molecular flexibility index (Phi) is 6.15. The van der Waals surface area contributed by atoms with E-state index in [1.165, 1.54) is 17.0 Å². The number of benzene rings is 2. The summed E-state index contributed by atoms with van der Waals surface area (Å²) in [7, 11) is -2.09. The van der Waals surface area contributed by atoms with Crippen LogP contribution in [0, 0.1) is 0 Å². The Morgan fingerprint density at radius 3 is 2.29 bits per heavy atom. The van der Waals surface area contributed by atoms with Gasteiger partial charge in [-0.15, -0.1) is 0 Å². The lowest BCUT2D eigenvalue weighted by Gasteiger charge is -2.22. The number of carbonyl (C=O) groups is 1. The molecular formula is C17H19BrN2O3S. The molecule has 0 saturated heterocycles. The molecule has 2 aromatic rings. The van der Waals surface area contributed by atoms with E-state index in [0.29, 0.717) is 6.54 Å². The lowest BCUT2D eigenvalue weighted by Crippen LogP contribution is -2.45. The molecule has 0 aromatic heterocycles. The standard InChI is InChI=1S/C17H19BrN2O3S/c1-13(17(21)20(2)12-14-6-4-3-5-7-14)19-24(22,23)16-10-8-15(18)9-11-16/h3-11,13,19H,12H2,1-2H3/t13-/m1/s1. The zero-order chi connectivity index (χ0) is 17.7. The van der Waals surface area contributed by atoms with Gasteiger partial charge in [-0.25, -0.2) is 8.42 Å². The molecule has 0 bridgehead atoms. The van der Waals surface area contributed by atoms with Crippen LogP contribution in [0.3, 0.4) is 0 Å². The average Bonchev–Trinajstić information content (AvgIpc) is 2.55. The van der Waals surface area contributed by atoms with Gasteiger partial charge in [-0.3, -0.25) is 4.79 Å². The van der Waals surface area contributed by atoms with Crippen LogP contribution in [0.1, 0.15) is 12.5 Å². The average molecular weight is 411 g/mol. The second kappa shape index (κ2) is 7.92. The minimum atomic E-state index is -3.75. The Morgan fingerprint density at radius 1 is 1.12 bits per heavy atom. The second-order valence-electron chi connectivity index (χ2n) is 5.48. The topological polar surface area (TPSA) is 66.5 Å². The Hall–Kier alpha value is -1.70. The third-order valence-electron chi connectivity index (χ3n) is 3.47. The van der Waals surface area contributed by atoms with Crippen LogP contribution in [-0.4, -0.2) is 32.3 Å². The third kappa shape index (κ3) is 4.90. The van der Waals surface area contributed by atoms with Gasteiger partial charge in [0, 0.05) is 18.1 Å². The lowest BCUT2D eigenvalue weighted by molar-refractivity contribution is -0.131. The minimum Gasteiger partial charge on any atom is -0.340 e. The number of nitrogens with one attached hydrogen (secondary N) is 1. The molecule has 24 heavy (non-hydrogen) atoms. The molecule has 0 aliphatic heterocycles. The molecule has 7 heteroatoms. The van der Waals surface area contributed by atoms with Crippen LogP contribution in [0.2, 0.25) is 0 Å². The van der Waals surface area contributed by atoms with Gasteiger partial charge in [-0.2, -0.15) is 4.72 Å². The van der Waals surface area contributed by atoms with Crippen molar-refractivity contribution in [3.63, 3.8) is 0 Å². The Balaban J connectivity index is 2.03. The first kappa shape index (κ1) is 18.6. The van der Waals surface area contributed by atoms with Gasteiger partial charge in [0.2, 0.25) is 15.9 Å². The zero-order valence-electron chi connectivity index (χ0n) is 13.4. The minimum absolute atomic E-state index is 0.121. The summed E-state index contributed by atoms with van der Waals surface area (Å²) in [5.41, 5.74) is 0.983. The number of rotatable bonds is 6. The van der Waals surface area contributed by atoms with E-state index < -0.39 is 16.1 Å². The Bertz CT molecular complexity index is 792. The number of halogens is 1. The fourth-order valence-corrected chi connectivity index (χ4v) is 3.69. The van der Waals surface area contributed by atoms with Crippen LogP contribution in [0.4, 0.5) is 0 Å². The number of carbonyl (C=O) groups excluding carboxylic acids is 1. The van der Waals surface area contributed by atoms with E-state index >= 15 is 0 Å². The second-order valence-corrected chi connectivity index (χ2v) is 8.11. The molecule has 1 N–H and O–H groups in total. The highest BCUT2D eigenvalue weighted by molar-refractivity contribution is 9.10. The number of hydrogen-bond donors (Lipinski definition) is 1. The van der Waals surface area contributed by atoms with E-state index in [2.05, 4.69) is 20.7 Å². The van der Waals surface area contributed by atoms with Crippen molar-refractivity contribution in [1.29, 1.82) is 0 Å². The Labute approximate surface area is 150 Å². The summed E-state index contributed by atoms with van der Waals surface area (Å²) in [6.07, 6.45) is 0. The molecule has 0 fully saturated rings. The summed E-state index contributed by atoms with van der Waals surface area (Å²) in [4.78, 5) is 14.0. The largest absolute Gasteiger partial charge is 0.340 e. The lowest BCUT2D eigenvalue weighted by atomic mass is 10.2. The van der Waals surface area contributed by atoms with E-state index in [1.807, 2.05) is 30.3 Å². The molecule has 0 aliphatic rings. The van der Waals surface area contributed by atoms with Crippen molar-refractivity contribution in [2.75, 3.05) is 7.05 Å². The van der Waals surface area contributed by atoms with E-state index in [1.54, 1.807) is 26.1 Å². The summed E-state index contributed by atoms with van der Waals surface area (Å²) in [6, 6.07) is 14.9. The maximum atomic E-state index is 12.4. The molecule has 1 amide bonds. The first-order valence-electron chi connectivity index (χ1n) is 7.36. The highest BCUT2D eigenvalue weighted by Crippen LogP contribution is 2.15. The van der Waals surface area contributed by atoms with E-state index in [9.17, 15) is 13.2 Å². The highest BCUT2D eigenvalue weighted by atomic mass is 79.9. The van der Waals surface area contributed by atoms with E-state index in [0.717, 1.165) is 10.0 Å². The fourth-order valence-electron chi connectivity index (χ4n) is 2.23. The molecule has 1 atom stereocenters. The number of amides is 1. The maximum Gasteiger partial charge on any atom is 0.241 e. The van der Waals surface area contributed by atoms with E-state index in [4.69, 9.17) is 0 Å². The van der Waals surface area contributed by atoms with Crippen LogP contribution >= 0.6 is 15.9 Å². The van der Waals surface area contributed by atoms with Crippen LogP contribution < -0.4 is 4.72 Å². The highest BCUT2D eigenvalue weighted by Gasteiger charge is 2.24. The summed E-state index contributed by atoms with van der Waals surface area (Å²) in [6.45, 7) is 1.96. The summed E-state index contributed by atoms with van der Waals surface area (Å²) < 4.78 is 27.9. The molecule has 0 heterocycles. The molecule has 0 aliphatic carbocycles. The van der Waals surface area contributed by atoms with Gasteiger partial charge in [0.25, 0.3) is 0 Å². The molecule has 2 rings (SSSR count). The molecule has 5 nitrogen and oxygen atoms in total. The van der Waals surface area contributed by atoms with Crippen molar-refractivity contribution in [2.24, 2.45) is 0 Å². The zero-order valence-corrected chi connectivity index (χ0v) is 15.8. The first-order chi connectivity index (χ1) is 11.3. The van der Waals surface area contributed by atoms with Crippen LogP contribution in [0.25, 0.3) is 0 Å². The van der Waals surface area contributed by atoms with Crippen molar-refractivity contribution in [1.82, 2.24) is 9.62 Å². The van der Waals surface area contributed by atoms with Crippen molar-refractivity contribution in [3.8, 4) is 0 Å². The van der Waals surface area contributed by atoms with Gasteiger partial charge in [0.05, 0.1) is 10.9 Å². The smallest absolute Gasteiger partial charge is 0.241 e. The van der Waals surface area contributed by atoms with Gasteiger partial charge in [0.15, 0.2) is 0 Å². The maximum absolute atomic E-state index is 12.4. The van der Waals surface area contributed by atoms with Crippen molar-refractivity contribution >= 4 is 31.9 Å². The van der Waals surface area contributed by atoms with Gasteiger partial charge in [-0.05, 0) is 36.8 Å². The van der Waals surface area contributed by atoms with Crippen LogP contribution in [0.5, 0.6) is 0 Å². The number of sulfonamides is 1. The van der Waals surface area contributed by atoms with Gasteiger partial charge in [0.1, 0.15) is 0 Å². The normalized spacial score (nSPS) is 12.6. The molecule has 2 aromatic carbocycles. The van der Waals surface area contributed by atoms with Gasteiger partial charge in [-0.1, -0.05) is 46.3 Å². The number of nitrogens with zero attached hydrogens (tertiary/aromatic N) is 1. The van der Waals surface area contributed by atoms with Crippen LogP contribution in [-0.2, 0) is 21.4 Å². The number of likely N-dealkylation sites (N-methyl/N-ethyl adjacent to an activating group) is 1. The van der Waals surface area contributed by atoms with Crippen LogP contribution in [0.15, 0.2) is 64.0 Å². The SMILES string of the molecule is C[C@@H](NS(=O)(=O)c1ccc(Br)cc1)C(=O)N(C)Cc1ccccc1. The first-order valence-corrected chi connectivity index (χ1v) is 9.64. The quantitative estimate of drug-likeness (QED) is 0.795. The molecule has 0 unspecified atom stereocenters. The molecular weight excluding hydrogens is 392 g/mol. The predicted molar refractivity (Wildman–Crippen MR) is 96.8 cm³/mol. The molecule has 0 saturated carbocycles. The Morgan fingerprint density at radius 2 is 1.71 bits per heavy atom. The van der Waals surface area contributed by atoms with Crippen molar-refractivity contribution in [2.45, 2.75) is 24.4 Å². The summed E-state index contributed by atoms with van der Waals surface area (Å²) >= 11 is 3.26. The van der Waals surface area contributed by atoms with Crippen molar-refractivity contribution < 1.29 is 13.2 Å². The van der Waals surface area contributed by atoms with Crippen molar-refractivity contribution in [3.05, 3.63) is 64.6 Å². The fraction of sp³-hybridized carbons (Fsp3) is 0.235. The van der Waals surface area contributed by atoms with Gasteiger partial charge >= 0.3 is 0 Å². The number of hydrogen-bond acceptors (Lipinski definition) is 3. The summed E-state index contributed by atoms with van der Waals surface area (Å²) in [5, 5.41) is 0.